The number of thiocarbonyl (C=S) groups is 1. The zero-order valence-electron chi connectivity index (χ0n) is 14.3. The summed E-state index contributed by atoms with van der Waals surface area (Å²) in [7, 11) is 3.02. The SMILES string of the molecule is COc1ccc(C(=O)NNC(=S)NC(=O)c2cc(Br)ccc2OC)cc1I. The minimum atomic E-state index is -0.473. The summed E-state index contributed by atoms with van der Waals surface area (Å²) in [5.74, 6) is 0.187. The van der Waals surface area contributed by atoms with Crippen molar-refractivity contribution in [1.82, 2.24) is 16.2 Å². The van der Waals surface area contributed by atoms with Crippen LogP contribution >= 0.6 is 50.7 Å². The highest BCUT2D eigenvalue weighted by Gasteiger charge is 2.15. The Morgan fingerprint density at radius 1 is 1.00 bits per heavy atom. The molecule has 7 nitrogen and oxygen atoms in total. The molecule has 0 fully saturated rings. The van der Waals surface area contributed by atoms with Crippen molar-refractivity contribution >= 4 is 67.7 Å². The monoisotopic (exact) mass is 563 g/mol. The molecule has 0 heterocycles. The Morgan fingerprint density at radius 3 is 2.30 bits per heavy atom. The molecule has 10 heteroatoms. The van der Waals surface area contributed by atoms with E-state index in [1.165, 1.54) is 7.11 Å². The van der Waals surface area contributed by atoms with Gasteiger partial charge in [-0.3, -0.25) is 25.8 Å². The summed E-state index contributed by atoms with van der Waals surface area (Å²) in [5, 5.41) is 2.42. The molecule has 3 N–H and O–H groups in total. The molecule has 0 aromatic heterocycles. The highest BCUT2D eigenvalue weighted by Crippen LogP contribution is 2.23. The molecule has 0 radical (unpaired) electrons. The van der Waals surface area contributed by atoms with Crippen LogP contribution in [0, 0.1) is 3.57 Å². The molecule has 2 aromatic rings. The van der Waals surface area contributed by atoms with E-state index < -0.39 is 11.8 Å². The second-order valence-corrected chi connectivity index (χ2v) is 7.54. The van der Waals surface area contributed by atoms with Gasteiger partial charge in [0.2, 0.25) is 0 Å². The minimum Gasteiger partial charge on any atom is -0.496 e. The van der Waals surface area contributed by atoms with Gasteiger partial charge in [0, 0.05) is 10.0 Å². The predicted molar refractivity (Wildman–Crippen MR) is 117 cm³/mol. The topological polar surface area (TPSA) is 88.7 Å². The van der Waals surface area contributed by atoms with E-state index in [1.54, 1.807) is 43.5 Å². The summed E-state index contributed by atoms with van der Waals surface area (Å²) < 4.78 is 11.8. The van der Waals surface area contributed by atoms with E-state index in [-0.39, 0.29) is 5.11 Å². The average Bonchev–Trinajstić information content (AvgIpc) is 2.65. The average molecular weight is 564 g/mol. The van der Waals surface area contributed by atoms with E-state index in [1.807, 2.05) is 0 Å². The van der Waals surface area contributed by atoms with Crippen molar-refractivity contribution < 1.29 is 19.1 Å². The number of benzene rings is 2. The van der Waals surface area contributed by atoms with Gasteiger partial charge < -0.3 is 9.47 Å². The Balaban J connectivity index is 1.96. The van der Waals surface area contributed by atoms with Crippen LogP contribution in [-0.2, 0) is 0 Å². The molecule has 2 aromatic carbocycles. The number of hydrogen-bond donors (Lipinski definition) is 3. The maximum Gasteiger partial charge on any atom is 0.269 e. The maximum absolute atomic E-state index is 12.3. The molecule has 27 heavy (non-hydrogen) atoms. The number of nitrogens with one attached hydrogen (secondary N) is 3. The molecule has 0 bridgehead atoms. The number of hydrazine groups is 1. The number of ether oxygens (including phenoxy) is 2. The molecular formula is C17H15BrIN3O4S. The molecule has 0 aliphatic carbocycles. The van der Waals surface area contributed by atoms with Gasteiger partial charge in [0.15, 0.2) is 5.11 Å². The van der Waals surface area contributed by atoms with E-state index >= 15 is 0 Å². The fourth-order valence-corrected chi connectivity index (χ4v) is 3.29. The van der Waals surface area contributed by atoms with Crippen molar-refractivity contribution in [1.29, 1.82) is 0 Å². The predicted octanol–water partition coefficient (Wildman–Crippen LogP) is 3.02. The fourth-order valence-electron chi connectivity index (χ4n) is 2.05. The molecule has 0 atom stereocenters. The lowest BCUT2D eigenvalue weighted by Crippen LogP contribution is -2.48. The Morgan fingerprint density at radius 2 is 1.67 bits per heavy atom. The van der Waals surface area contributed by atoms with E-state index in [0.29, 0.717) is 22.6 Å². The van der Waals surface area contributed by atoms with E-state index in [2.05, 4.69) is 54.7 Å². The van der Waals surface area contributed by atoms with Crippen molar-refractivity contribution in [2.24, 2.45) is 0 Å². The highest BCUT2D eigenvalue weighted by molar-refractivity contribution is 14.1. The summed E-state index contributed by atoms with van der Waals surface area (Å²) in [5.41, 5.74) is 5.64. The summed E-state index contributed by atoms with van der Waals surface area (Å²) in [4.78, 5) is 24.5. The summed E-state index contributed by atoms with van der Waals surface area (Å²) in [6.45, 7) is 0. The zero-order valence-corrected chi connectivity index (χ0v) is 18.8. The normalized spacial score (nSPS) is 9.93. The van der Waals surface area contributed by atoms with Gasteiger partial charge in [0.25, 0.3) is 11.8 Å². The number of hydrogen-bond acceptors (Lipinski definition) is 5. The number of carbonyl (C=O) groups is 2. The minimum absolute atomic E-state index is 0.0569. The second kappa shape index (κ2) is 9.85. The molecule has 0 saturated heterocycles. The summed E-state index contributed by atoms with van der Waals surface area (Å²) >= 11 is 10.4. The van der Waals surface area contributed by atoms with Crippen LogP contribution in [-0.4, -0.2) is 31.1 Å². The molecule has 2 amide bonds. The zero-order chi connectivity index (χ0) is 20.0. The van der Waals surface area contributed by atoms with Gasteiger partial charge >= 0.3 is 0 Å². The van der Waals surface area contributed by atoms with Gasteiger partial charge in [-0.25, -0.2) is 0 Å². The van der Waals surface area contributed by atoms with Crippen molar-refractivity contribution in [3.63, 3.8) is 0 Å². The van der Waals surface area contributed by atoms with Crippen molar-refractivity contribution in [3.8, 4) is 11.5 Å². The molecule has 0 aliphatic heterocycles. The van der Waals surface area contributed by atoms with E-state index in [4.69, 9.17) is 21.7 Å². The molecule has 0 saturated carbocycles. The first-order chi connectivity index (χ1) is 12.8. The number of halogens is 2. The van der Waals surface area contributed by atoms with Crippen molar-refractivity contribution in [2.75, 3.05) is 14.2 Å². The van der Waals surface area contributed by atoms with Gasteiger partial charge in [0.1, 0.15) is 11.5 Å². The quantitative estimate of drug-likeness (QED) is 0.301. The van der Waals surface area contributed by atoms with Crippen molar-refractivity contribution in [2.45, 2.75) is 0 Å². The van der Waals surface area contributed by atoms with Crippen LogP contribution in [0.3, 0.4) is 0 Å². The van der Waals surface area contributed by atoms with Crippen LogP contribution in [0.15, 0.2) is 40.9 Å². The van der Waals surface area contributed by atoms with Gasteiger partial charge in [-0.15, -0.1) is 0 Å². The Kier molecular flexibility index (Phi) is 7.80. The van der Waals surface area contributed by atoms with E-state index in [0.717, 1.165) is 8.04 Å². The van der Waals surface area contributed by atoms with Gasteiger partial charge in [0.05, 0.1) is 23.4 Å². The van der Waals surface area contributed by atoms with E-state index in [9.17, 15) is 9.59 Å². The summed E-state index contributed by atoms with van der Waals surface area (Å²) in [6.07, 6.45) is 0. The first-order valence-corrected chi connectivity index (χ1v) is 9.72. The largest absolute Gasteiger partial charge is 0.496 e. The highest BCUT2D eigenvalue weighted by atomic mass is 127. The van der Waals surface area contributed by atoms with Gasteiger partial charge in [-0.2, -0.15) is 0 Å². The molecule has 0 unspecified atom stereocenters. The molecule has 142 valence electrons. The first kappa shape index (κ1) is 21.4. The smallest absolute Gasteiger partial charge is 0.269 e. The molecular weight excluding hydrogens is 549 g/mol. The third-order valence-electron chi connectivity index (χ3n) is 3.34. The number of amides is 2. The number of methoxy groups -OCH3 is 2. The molecule has 0 spiro atoms. The molecule has 2 rings (SSSR count). The third kappa shape index (κ3) is 5.78. The maximum atomic E-state index is 12.3. The van der Waals surface area contributed by atoms with Crippen LogP contribution in [0.25, 0.3) is 0 Å². The van der Waals surface area contributed by atoms with Crippen LogP contribution in [0.1, 0.15) is 20.7 Å². The fraction of sp³-hybridized carbons (Fsp3) is 0.118. The van der Waals surface area contributed by atoms with Crippen molar-refractivity contribution in [3.05, 3.63) is 55.6 Å². The lowest BCUT2D eigenvalue weighted by Gasteiger charge is -2.13. The number of carbonyl (C=O) groups excluding carboxylic acids is 2. The third-order valence-corrected chi connectivity index (χ3v) is 4.88. The Labute approximate surface area is 183 Å². The Hall–Kier alpha value is -1.92. The van der Waals surface area contributed by atoms with Crippen LogP contribution in [0.4, 0.5) is 0 Å². The van der Waals surface area contributed by atoms with Crippen LogP contribution < -0.4 is 25.6 Å². The lowest BCUT2D eigenvalue weighted by molar-refractivity contribution is 0.0934. The molecule has 0 aliphatic rings. The summed E-state index contributed by atoms with van der Waals surface area (Å²) in [6, 6.07) is 9.99. The van der Waals surface area contributed by atoms with Gasteiger partial charge in [-0.05, 0) is 71.2 Å². The lowest BCUT2D eigenvalue weighted by atomic mass is 10.2. The first-order valence-electron chi connectivity index (χ1n) is 7.44. The number of rotatable bonds is 4. The van der Waals surface area contributed by atoms with Crippen LogP contribution in [0.5, 0.6) is 11.5 Å². The van der Waals surface area contributed by atoms with Crippen LogP contribution in [0.2, 0.25) is 0 Å². The van der Waals surface area contributed by atoms with Gasteiger partial charge in [-0.1, -0.05) is 15.9 Å². The second-order valence-electron chi connectivity index (χ2n) is 5.06. The standard InChI is InChI=1S/C17H15BrIN3O4S/c1-25-13-6-4-10(18)8-11(13)16(24)20-17(27)22-21-15(23)9-3-5-14(26-2)12(19)7-9/h3-8H,1-2H3,(H,21,23)(H2,20,22,24,27). The Bertz CT molecular complexity index is 894.